The number of aliphatic carboxylic acids is 1. The van der Waals surface area contributed by atoms with Crippen LogP contribution in [0.2, 0.25) is 0 Å². The molecule has 0 aromatic heterocycles. The Morgan fingerprint density at radius 1 is 1.82 bits per heavy atom. The lowest BCUT2D eigenvalue weighted by Gasteiger charge is -2.03. The monoisotopic (exact) mass is 194 g/mol. The first kappa shape index (κ1) is 10.8. The zero-order valence-electron chi connectivity index (χ0n) is 6.32. The molecule has 1 N–H and O–H groups in total. The molecule has 11 heavy (non-hydrogen) atoms. The van der Waals surface area contributed by atoms with Gasteiger partial charge in [-0.05, 0) is 5.82 Å². The molecule has 0 radical (unpaired) electrons. The third-order valence-corrected chi connectivity index (χ3v) is 5.09. The van der Waals surface area contributed by atoms with Crippen LogP contribution in [0.5, 0.6) is 0 Å². The summed E-state index contributed by atoms with van der Waals surface area (Å²) < 4.78 is 11.2. The first-order valence-electron chi connectivity index (χ1n) is 3.05. The molecule has 0 bridgehead atoms. The van der Waals surface area contributed by atoms with Gasteiger partial charge >= 0.3 is 5.97 Å². The number of carboxylic acid groups (broad SMARTS) is 1. The van der Waals surface area contributed by atoms with E-state index in [0.717, 1.165) is 11.4 Å². The Labute approximate surface area is 70.0 Å². The van der Waals surface area contributed by atoms with Gasteiger partial charge in [0.15, 0.2) is 6.34 Å². The van der Waals surface area contributed by atoms with Crippen molar-refractivity contribution < 1.29 is 14.5 Å². The Hall–Kier alpha value is -0.210. The number of carboxylic acids is 1. The molecule has 0 spiro atoms. The van der Waals surface area contributed by atoms with E-state index in [1.807, 2.05) is 0 Å². The Kier molecular flexibility index (Phi) is 4.54. The molecule has 0 saturated carbocycles. The van der Waals surface area contributed by atoms with Crippen LogP contribution in [0.15, 0.2) is 12.4 Å². The number of rotatable bonds is 5. The highest BCUT2D eigenvalue weighted by Gasteiger charge is 2.10. The van der Waals surface area contributed by atoms with Crippen molar-refractivity contribution in [3.63, 3.8) is 0 Å². The van der Waals surface area contributed by atoms with Crippen LogP contribution < -0.4 is 0 Å². The minimum atomic E-state index is -2.31. The average Bonchev–Trinajstić information content (AvgIpc) is 1.87. The Bertz CT molecular complexity index is 202. The molecule has 1 atom stereocenters. The lowest BCUT2D eigenvalue weighted by Crippen LogP contribution is -1.95. The molecule has 0 rings (SSSR count). The summed E-state index contributed by atoms with van der Waals surface area (Å²) >= 11 is 1.16. The summed E-state index contributed by atoms with van der Waals surface area (Å²) in [7, 11) is 0. The second kappa shape index (κ2) is 4.62. The van der Waals surface area contributed by atoms with Crippen molar-refractivity contribution in [3.8, 4) is 0 Å². The van der Waals surface area contributed by atoms with Gasteiger partial charge in [0.1, 0.15) is 0 Å². The summed E-state index contributed by atoms with van der Waals surface area (Å²) in [5.41, 5.74) is 0. The molecule has 5 heteroatoms. The fraction of sp³-hybridized carbons (Fsp3) is 0.500. The van der Waals surface area contributed by atoms with Gasteiger partial charge in [0, 0.05) is 12.4 Å². The Morgan fingerprint density at radius 2 is 2.36 bits per heavy atom. The zero-order chi connectivity index (χ0) is 8.91. The molecule has 0 aromatic rings. The van der Waals surface area contributed by atoms with E-state index in [4.69, 9.17) is 5.11 Å². The Morgan fingerprint density at radius 3 is 2.73 bits per heavy atom. The van der Waals surface area contributed by atoms with E-state index in [0.29, 0.717) is 5.75 Å². The van der Waals surface area contributed by atoms with Gasteiger partial charge in [0.05, 0.1) is 6.42 Å². The first-order chi connectivity index (χ1) is 4.98. The van der Waals surface area contributed by atoms with Gasteiger partial charge in [0.25, 0.3) is 0 Å². The molecular weight excluding hydrogens is 183 g/mol. The summed E-state index contributed by atoms with van der Waals surface area (Å²) in [6, 6.07) is 0. The van der Waals surface area contributed by atoms with Crippen LogP contribution in [0, 0.1) is 0 Å². The van der Waals surface area contributed by atoms with Crippen LogP contribution in [0.1, 0.15) is 6.42 Å². The second-order valence-electron chi connectivity index (χ2n) is 2.07. The largest absolute Gasteiger partial charge is 0.481 e. The van der Waals surface area contributed by atoms with Gasteiger partial charge in [-0.25, -0.2) is 0 Å². The van der Waals surface area contributed by atoms with E-state index in [2.05, 4.69) is 6.58 Å². The van der Waals surface area contributed by atoms with Gasteiger partial charge in [-0.1, -0.05) is 18.0 Å². The predicted octanol–water partition coefficient (Wildman–Crippen LogP) is 2.25. The van der Waals surface area contributed by atoms with Gasteiger partial charge in [-0.2, -0.15) is 0 Å². The highest BCUT2D eigenvalue weighted by Crippen LogP contribution is 2.56. The highest BCUT2D eigenvalue weighted by atomic mass is 32.7. The normalized spacial score (nSPS) is 15.4. The van der Waals surface area contributed by atoms with Crippen LogP contribution in [-0.2, 0) is 9.36 Å². The number of hydrogen-bond donors (Lipinski definition) is 1. The molecule has 0 aliphatic carbocycles. The van der Waals surface area contributed by atoms with Crippen LogP contribution in [-0.4, -0.2) is 23.5 Å². The summed E-state index contributed by atoms with van der Waals surface area (Å²) in [5.74, 6) is 0.913. The lowest BCUT2D eigenvalue weighted by atomic mass is 10.5. The predicted molar refractivity (Wildman–Crippen MR) is 48.4 cm³/mol. The van der Waals surface area contributed by atoms with Crippen molar-refractivity contribution in [2.24, 2.45) is 0 Å². The summed E-state index contributed by atoms with van der Waals surface area (Å²) in [6.07, 6.45) is -2.26. The van der Waals surface area contributed by atoms with Crippen molar-refractivity contribution in [1.82, 2.24) is 0 Å². The standard InChI is InChI=1S/C6H11O3PS/c1-3-10(2,9)11-5-4-6(7)8/h3H,1,4-5H2,2H3,(H,7,8). The quantitative estimate of drug-likeness (QED) is 0.682. The Balaban J connectivity index is 3.62. The first-order valence-corrected chi connectivity index (χ1v) is 6.86. The van der Waals surface area contributed by atoms with Crippen LogP contribution in [0.4, 0.5) is 0 Å². The minimum absolute atomic E-state index is 0.0519. The zero-order valence-corrected chi connectivity index (χ0v) is 8.03. The smallest absolute Gasteiger partial charge is 0.304 e. The fourth-order valence-corrected chi connectivity index (χ4v) is 2.78. The van der Waals surface area contributed by atoms with E-state index in [9.17, 15) is 9.36 Å². The fourth-order valence-electron chi connectivity index (χ4n) is 0.367. The van der Waals surface area contributed by atoms with Crippen LogP contribution >= 0.6 is 17.7 Å². The molecule has 0 saturated heterocycles. The van der Waals surface area contributed by atoms with E-state index < -0.39 is 12.3 Å². The van der Waals surface area contributed by atoms with Crippen LogP contribution in [0.3, 0.4) is 0 Å². The molecule has 0 amide bonds. The maximum atomic E-state index is 11.2. The van der Waals surface area contributed by atoms with Gasteiger partial charge < -0.3 is 9.67 Å². The van der Waals surface area contributed by atoms with Crippen molar-refractivity contribution in [2.45, 2.75) is 6.42 Å². The molecule has 0 aromatic carbocycles. The molecule has 0 aliphatic rings. The van der Waals surface area contributed by atoms with Crippen molar-refractivity contribution in [3.05, 3.63) is 12.4 Å². The maximum Gasteiger partial charge on any atom is 0.304 e. The van der Waals surface area contributed by atoms with Gasteiger partial charge in [-0.15, -0.1) is 0 Å². The second-order valence-corrected chi connectivity index (χ2v) is 7.87. The van der Waals surface area contributed by atoms with E-state index >= 15 is 0 Å². The maximum absolute atomic E-state index is 11.2. The molecule has 0 heterocycles. The molecule has 64 valence electrons. The topological polar surface area (TPSA) is 54.4 Å². The number of carbonyl (C=O) groups is 1. The third-order valence-electron chi connectivity index (χ3n) is 0.995. The number of hydrogen-bond acceptors (Lipinski definition) is 3. The van der Waals surface area contributed by atoms with Crippen molar-refractivity contribution in [2.75, 3.05) is 12.4 Å². The summed E-state index contributed by atoms with van der Waals surface area (Å²) in [5, 5.41) is 8.25. The molecule has 0 aliphatic heterocycles. The molecule has 0 fully saturated rings. The highest BCUT2D eigenvalue weighted by molar-refractivity contribution is 8.58. The molecule has 1 unspecified atom stereocenters. The van der Waals surface area contributed by atoms with Gasteiger partial charge in [-0.3, -0.25) is 4.79 Å². The average molecular weight is 194 g/mol. The van der Waals surface area contributed by atoms with Crippen LogP contribution in [0.25, 0.3) is 0 Å². The van der Waals surface area contributed by atoms with E-state index in [-0.39, 0.29) is 6.42 Å². The van der Waals surface area contributed by atoms with Crippen molar-refractivity contribution >= 4 is 23.7 Å². The van der Waals surface area contributed by atoms with E-state index in [1.54, 1.807) is 6.66 Å². The molecule has 3 nitrogen and oxygen atoms in total. The summed E-state index contributed by atoms with van der Waals surface area (Å²) in [6.45, 7) is 4.97. The summed E-state index contributed by atoms with van der Waals surface area (Å²) in [4.78, 5) is 10.0. The third kappa shape index (κ3) is 6.20. The van der Waals surface area contributed by atoms with E-state index in [1.165, 1.54) is 5.82 Å². The lowest BCUT2D eigenvalue weighted by molar-refractivity contribution is -0.136. The molecular formula is C6H11O3PS. The SMILES string of the molecule is C=CP(C)(=O)SCCC(=O)O. The van der Waals surface area contributed by atoms with Crippen molar-refractivity contribution in [1.29, 1.82) is 0 Å². The van der Waals surface area contributed by atoms with Gasteiger partial charge in [0.2, 0.25) is 0 Å². The minimum Gasteiger partial charge on any atom is -0.481 e.